The molecule has 2 rings (SSSR count). The number of anilines is 1. The Balaban J connectivity index is 0.00000288. The first kappa shape index (κ1) is 20.3. The number of nitrogens with one attached hydrogen (secondary N) is 1. The Bertz CT molecular complexity index is 594. The summed E-state index contributed by atoms with van der Waals surface area (Å²) in [4.78, 5) is 26.2. The minimum atomic E-state index is -0.335. The minimum absolute atomic E-state index is 0. The summed E-state index contributed by atoms with van der Waals surface area (Å²) in [5, 5.41) is 2.88. The number of nitrogens with two attached hydrogens (primary N) is 1. The smallest absolute Gasteiger partial charge is 0.227 e. The molecular formula is C17H26ClN3O3. The average molecular weight is 356 g/mol. The molecule has 2 amide bonds. The molecule has 3 N–H and O–H groups in total. The van der Waals surface area contributed by atoms with E-state index in [0.717, 1.165) is 11.3 Å². The molecule has 0 radical (unpaired) electrons. The molecule has 0 aliphatic carbocycles. The van der Waals surface area contributed by atoms with Gasteiger partial charge >= 0.3 is 0 Å². The molecular weight excluding hydrogens is 330 g/mol. The van der Waals surface area contributed by atoms with Crippen LogP contribution in [0.5, 0.6) is 5.75 Å². The largest absolute Gasteiger partial charge is 0.495 e. The highest BCUT2D eigenvalue weighted by Gasteiger charge is 2.36. The van der Waals surface area contributed by atoms with Crippen LogP contribution >= 0.6 is 12.4 Å². The number of nitrogens with zero attached hydrogens (tertiary/aromatic N) is 1. The van der Waals surface area contributed by atoms with Gasteiger partial charge in [-0.1, -0.05) is 13.0 Å². The van der Waals surface area contributed by atoms with E-state index in [4.69, 9.17) is 10.5 Å². The summed E-state index contributed by atoms with van der Waals surface area (Å²) in [7, 11) is 1.58. The number of methoxy groups -OCH3 is 1. The summed E-state index contributed by atoms with van der Waals surface area (Å²) in [6, 6.07) is 5.68. The summed E-state index contributed by atoms with van der Waals surface area (Å²) < 4.78 is 5.34. The molecule has 0 bridgehead atoms. The fraction of sp³-hybridized carbons (Fsp3) is 0.529. The van der Waals surface area contributed by atoms with Crippen molar-refractivity contribution in [3.8, 4) is 5.75 Å². The lowest BCUT2D eigenvalue weighted by atomic mass is 10.1. The Labute approximate surface area is 149 Å². The average Bonchev–Trinajstić information content (AvgIpc) is 2.93. The number of hydrogen-bond donors (Lipinski definition) is 2. The molecule has 0 spiro atoms. The van der Waals surface area contributed by atoms with Crippen LogP contribution < -0.4 is 20.7 Å². The number of benzene rings is 1. The van der Waals surface area contributed by atoms with Gasteiger partial charge in [0.1, 0.15) is 5.75 Å². The van der Waals surface area contributed by atoms with Crippen LogP contribution in [-0.2, 0) is 9.59 Å². The van der Waals surface area contributed by atoms with Gasteiger partial charge in [0.05, 0.1) is 18.7 Å². The zero-order chi connectivity index (χ0) is 17.0. The summed E-state index contributed by atoms with van der Waals surface area (Å²) in [5.41, 5.74) is 7.32. The lowest BCUT2D eigenvalue weighted by molar-refractivity contribution is -0.126. The number of ether oxygens (including phenoxy) is 1. The van der Waals surface area contributed by atoms with Gasteiger partial charge in [0.2, 0.25) is 11.8 Å². The zero-order valence-electron chi connectivity index (χ0n) is 14.4. The molecule has 0 aromatic heterocycles. The number of hydrogen-bond acceptors (Lipinski definition) is 4. The van der Waals surface area contributed by atoms with Crippen molar-refractivity contribution in [1.29, 1.82) is 0 Å². The number of halogens is 1. The van der Waals surface area contributed by atoms with Crippen molar-refractivity contribution >= 4 is 29.9 Å². The molecule has 24 heavy (non-hydrogen) atoms. The van der Waals surface area contributed by atoms with Crippen LogP contribution in [0.1, 0.15) is 18.9 Å². The minimum Gasteiger partial charge on any atom is -0.495 e. The molecule has 7 heteroatoms. The highest BCUT2D eigenvalue weighted by atomic mass is 35.5. The molecule has 1 aliphatic heterocycles. The van der Waals surface area contributed by atoms with E-state index in [1.54, 1.807) is 12.0 Å². The van der Waals surface area contributed by atoms with E-state index in [1.165, 1.54) is 0 Å². The second-order valence-corrected chi connectivity index (χ2v) is 6.17. The fourth-order valence-corrected chi connectivity index (χ4v) is 2.63. The van der Waals surface area contributed by atoms with Crippen LogP contribution in [0.15, 0.2) is 18.2 Å². The molecule has 1 aliphatic rings. The Kier molecular flexibility index (Phi) is 7.51. The molecule has 2 unspecified atom stereocenters. The van der Waals surface area contributed by atoms with Crippen molar-refractivity contribution in [2.45, 2.75) is 20.3 Å². The second kappa shape index (κ2) is 8.89. The van der Waals surface area contributed by atoms with Gasteiger partial charge in [0, 0.05) is 19.5 Å². The van der Waals surface area contributed by atoms with Gasteiger partial charge in [-0.3, -0.25) is 9.59 Å². The van der Waals surface area contributed by atoms with Crippen molar-refractivity contribution in [2.75, 3.05) is 31.6 Å². The van der Waals surface area contributed by atoms with Gasteiger partial charge in [0.15, 0.2) is 0 Å². The van der Waals surface area contributed by atoms with Crippen molar-refractivity contribution < 1.29 is 14.3 Å². The predicted molar refractivity (Wildman–Crippen MR) is 96.7 cm³/mol. The van der Waals surface area contributed by atoms with E-state index < -0.39 is 0 Å². The van der Waals surface area contributed by atoms with Gasteiger partial charge in [-0.25, -0.2) is 0 Å². The van der Waals surface area contributed by atoms with Gasteiger partial charge < -0.3 is 20.7 Å². The van der Waals surface area contributed by atoms with Crippen LogP contribution in [-0.4, -0.2) is 38.6 Å². The number of aryl methyl sites for hydroxylation is 1. The third-order valence-electron chi connectivity index (χ3n) is 4.15. The lowest BCUT2D eigenvalue weighted by Crippen LogP contribution is -2.36. The highest BCUT2D eigenvalue weighted by molar-refractivity contribution is 6.01. The SMILES string of the molecule is COc1ccc(C)cc1N1CC(C(=O)NCC(C)CN)CC1=O.Cl. The summed E-state index contributed by atoms with van der Waals surface area (Å²) in [6.07, 6.45) is 0.222. The summed E-state index contributed by atoms with van der Waals surface area (Å²) in [5.74, 6) is 0.386. The first-order chi connectivity index (χ1) is 11.0. The molecule has 1 heterocycles. The molecule has 1 fully saturated rings. The van der Waals surface area contributed by atoms with Gasteiger partial charge in [-0.2, -0.15) is 0 Å². The van der Waals surface area contributed by atoms with E-state index in [9.17, 15) is 9.59 Å². The van der Waals surface area contributed by atoms with Crippen LogP contribution in [0.3, 0.4) is 0 Å². The van der Waals surface area contributed by atoms with Crippen molar-refractivity contribution in [1.82, 2.24) is 5.32 Å². The Morgan fingerprint density at radius 1 is 1.50 bits per heavy atom. The normalized spacial score (nSPS) is 18.1. The lowest BCUT2D eigenvalue weighted by Gasteiger charge is -2.20. The molecule has 134 valence electrons. The maximum Gasteiger partial charge on any atom is 0.227 e. The van der Waals surface area contributed by atoms with Gasteiger partial charge in [-0.15, -0.1) is 12.4 Å². The van der Waals surface area contributed by atoms with Crippen LogP contribution in [0.2, 0.25) is 0 Å². The number of amides is 2. The molecule has 1 aromatic rings. The van der Waals surface area contributed by atoms with Crippen molar-refractivity contribution in [3.05, 3.63) is 23.8 Å². The Hall–Kier alpha value is -1.79. The Morgan fingerprint density at radius 2 is 2.21 bits per heavy atom. The monoisotopic (exact) mass is 355 g/mol. The van der Waals surface area contributed by atoms with E-state index in [2.05, 4.69) is 5.32 Å². The van der Waals surface area contributed by atoms with E-state index in [0.29, 0.717) is 25.4 Å². The first-order valence-electron chi connectivity index (χ1n) is 7.89. The van der Waals surface area contributed by atoms with E-state index >= 15 is 0 Å². The second-order valence-electron chi connectivity index (χ2n) is 6.17. The first-order valence-corrected chi connectivity index (χ1v) is 7.89. The predicted octanol–water partition coefficient (Wildman–Crippen LogP) is 1.49. The number of carbonyl (C=O) groups excluding carboxylic acids is 2. The van der Waals surface area contributed by atoms with Gasteiger partial charge in [-0.05, 0) is 37.1 Å². The third kappa shape index (κ3) is 4.61. The zero-order valence-corrected chi connectivity index (χ0v) is 15.2. The summed E-state index contributed by atoms with van der Waals surface area (Å²) >= 11 is 0. The quantitative estimate of drug-likeness (QED) is 0.809. The van der Waals surface area contributed by atoms with E-state index in [1.807, 2.05) is 32.0 Å². The maximum atomic E-state index is 12.3. The third-order valence-corrected chi connectivity index (χ3v) is 4.15. The topological polar surface area (TPSA) is 84.7 Å². The Morgan fingerprint density at radius 3 is 2.83 bits per heavy atom. The van der Waals surface area contributed by atoms with Crippen molar-refractivity contribution in [2.24, 2.45) is 17.6 Å². The molecule has 6 nitrogen and oxygen atoms in total. The number of rotatable bonds is 6. The highest BCUT2D eigenvalue weighted by Crippen LogP contribution is 2.33. The maximum absolute atomic E-state index is 12.3. The van der Waals surface area contributed by atoms with Crippen molar-refractivity contribution in [3.63, 3.8) is 0 Å². The molecule has 0 saturated carbocycles. The number of carbonyl (C=O) groups is 2. The van der Waals surface area contributed by atoms with Crippen LogP contribution in [0, 0.1) is 18.8 Å². The molecule has 1 saturated heterocycles. The molecule has 2 atom stereocenters. The van der Waals surface area contributed by atoms with Gasteiger partial charge in [0.25, 0.3) is 0 Å². The van der Waals surface area contributed by atoms with Crippen LogP contribution in [0.25, 0.3) is 0 Å². The summed E-state index contributed by atoms with van der Waals surface area (Å²) in [6.45, 7) is 5.37. The van der Waals surface area contributed by atoms with Crippen LogP contribution in [0.4, 0.5) is 5.69 Å². The molecule has 1 aromatic carbocycles. The standard InChI is InChI=1S/C17H25N3O3.ClH/c1-11-4-5-15(23-3)14(6-11)20-10-13(7-16(20)21)17(22)19-9-12(2)8-18;/h4-6,12-13H,7-10,18H2,1-3H3,(H,19,22);1H. The fourth-order valence-electron chi connectivity index (χ4n) is 2.63. The van der Waals surface area contributed by atoms with E-state index in [-0.39, 0.29) is 42.5 Å².